The molecular weight excluding hydrogens is 274 g/mol. The van der Waals surface area contributed by atoms with Crippen molar-refractivity contribution in [3.05, 3.63) is 28.8 Å². The lowest BCUT2D eigenvalue weighted by Crippen LogP contribution is -2.37. The summed E-state index contributed by atoms with van der Waals surface area (Å²) >= 11 is 5.75. The Hall–Kier alpha value is -1.13. The molecule has 0 saturated heterocycles. The highest BCUT2D eigenvalue weighted by atomic mass is 35.5. The topological polar surface area (TPSA) is 82.0 Å². The number of nitrogens with one attached hydrogen (secondary N) is 2. The smallest absolute Gasteiger partial charge is 0.240 e. The van der Waals surface area contributed by atoms with Crippen molar-refractivity contribution in [2.24, 2.45) is 0 Å². The van der Waals surface area contributed by atoms with Crippen LogP contribution < -0.4 is 10.0 Å². The van der Waals surface area contributed by atoms with Crippen LogP contribution in [0.4, 0.5) is 0 Å². The Morgan fingerprint density at radius 1 is 1.50 bits per heavy atom. The van der Waals surface area contributed by atoms with Crippen molar-refractivity contribution in [3.8, 4) is 6.07 Å². The number of hydrogen-bond donors (Lipinski definition) is 2. The van der Waals surface area contributed by atoms with Gasteiger partial charge in [0.05, 0.1) is 15.5 Å². The Balaban J connectivity index is 2.96. The van der Waals surface area contributed by atoms with Gasteiger partial charge in [0.2, 0.25) is 10.0 Å². The number of likely N-dealkylation sites (N-methyl/N-ethyl adjacent to an activating group) is 1. The maximum Gasteiger partial charge on any atom is 0.240 e. The number of nitrogens with zero attached hydrogens (tertiary/aromatic N) is 1. The molecule has 1 unspecified atom stereocenters. The summed E-state index contributed by atoms with van der Waals surface area (Å²) in [5.41, 5.74) is 0.140. The van der Waals surface area contributed by atoms with Crippen LogP contribution in [-0.2, 0) is 10.0 Å². The second kappa shape index (κ2) is 6.16. The van der Waals surface area contributed by atoms with Gasteiger partial charge in [0.15, 0.2) is 0 Å². The van der Waals surface area contributed by atoms with E-state index < -0.39 is 10.0 Å². The lowest BCUT2D eigenvalue weighted by Gasteiger charge is -2.12. The third kappa shape index (κ3) is 3.68. The molecule has 18 heavy (non-hydrogen) atoms. The third-order valence-electron chi connectivity index (χ3n) is 2.44. The minimum absolute atomic E-state index is 0.0162. The fourth-order valence-electron chi connectivity index (χ4n) is 1.18. The number of benzene rings is 1. The third-order valence-corrected chi connectivity index (χ3v) is 4.19. The molecule has 7 heteroatoms. The van der Waals surface area contributed by atoms with Crippen LogP contribution in [0.1, 0.15) is 12.5 Å². The van der Waals surface area contributed by atoms with E-state index in [0.717, 1.165) is 0 Å². The van der Waals surface area contributed by atoms with Crippen molar-refractivity contribution in [2.45, 2.75) is 17.9 Å². The maximum absolute atomic E-state index is 11.9. The van der Waals surface area contributed by atoms with Gasteiger partial charge in [-0.05, 0) is 32.2 Å². The predicted molar refractivity (Wildman–Crippen MR) is 69.9 cm³/mol. The van der Waals surface area contributed by atoms with E-state index in [9.17, 15) is 8.42 Å². The highest BCUT2D eigenvalue weighted by Crippen LogP contribution is 2.19. The molecule has 0 bridgehead atoms. The number of halogens is 1. The summed E-state index contributed by atoms with van der Waals surface area (Å²) in [6, 6.07) is 5.89. The first kappa shape index (κ1) is 14.9. The second-order valence-electron chi connectivity index (χ2n) is 3.80. The zero-order valence-electron chi connectivity index (χ0n) is 10.1. The van der Waals surface area contributed by atoms with Gasteiger partial charge in [0.1, 0.15) is 6.07 Å². The van der Waals surface area contributed by atoms with Crippen molar-refractivity contribution >= 4 is 21.6 Å². The lowest BCUT2D eigenvalue weighted by atomic mass is 10.2. The van der Waals surface area contributed by atoms with Crippen LogP contribution in [0.3, 0.4) is 0 Å². The van der Waals surface area contributed by atoms with Crippen molar-refractivity contribution in [1.29, 1.82) is 5.26 Å². The Labute approximate surface area is 112 Å². The molecule has 0 spiro atoms. The van der Waals surface area contributed by atoms with E-state index in [1.807, 2.05) is 13.0 Å². The molecule has 0 aliphatic heterocycles. The summed E-state index contributed by atoms with van der Waals surface area (Å²) < 4.78 is 26.3. The average molecular weight is 288 g/mol. The van der Waals surface area contributed by atoms with E-state index >= 15 is 0 Å². The molecule has 98 valence electrons. The molecule has 0 aliphatic carbocycles. The quantitative estimate of drug-likeness (QED) is 0.849. The fourth-order valence-corrected chi connectivity index (χ4v) is 2.49. The highest BCUT2D eigenvalue weighted by Gasteiger charge is 2.16. The second-order valence-corrected chi connectivity index (χ2v) is 5.97. The van der Waals surface area contributed by atoms with E-state index in [1.54, 1.807) is 7.05 Å². The first-order chi connectivity index (χ1) is 8.40. The van der Waals surface area contributed by atoms with E-state index in [2.05, 4.69) is 10.0 Å². The number of nitriles is 1. The molecule has 0 radical (unpaired) electrons. The van der Waals surface area contributed by atoms with Crippen molar-refractivity contribution in [3.63, 3.8) is 0 Å². The standard InChI is InChI=1S/C11H14ClN3O2S/c1-8(14-2)7-15-18(16,17)10-3-4-11(12)9(5-10)6-13/h3-5,8,14-15H,7H2,1-2H3. The van der Waals surface area contributed by atoms with Crippen LogP contribution in [0.5, 0.6) is 0 Å². The summed E-state index contributed by atoms with van der Waals surface area (Å²) in [5, 5.41) is 12.0. The van der Waals surface area contributed by atoms with Gasteiger partial charge in [-0.2, -0.15) is 5.26 Å². The number of hydrogen-bond acceptors (Lipinski definition) is 4. The van der Waals surface area contributed by atoms with Gasteiger partial charge < -0.3 is 5.32 Å². The molecule has 1 atom stereocenters. The zero-order valence-corrected chi connectivity index (χ0v) is 11.6. The first-order valence-electron chi connectivity index (χ1n) is 5.27. The van der Waals surface area contributed by atoms with Crippen LogP contribution in [0.25, 0.3) is 0 Å². The molecule has 0 saturated carbocycles. The predicted octanol–water partition coefficient (Wildman–Crippen LogP) is 1.10. The van der Waals surface area contributed by atoms with Crippen molar-refractivity contribution in [1.82, 2.24) is 10.0 Å². The van der Waals surface area contributed by atoms with Crippen molar-refractivity contribution in [2.75, 3.05) is 13.6 Å². The molecule has 0 fully saturated rings. The molecular formula is C11H14ClN3O2S. The monoisotopic (exact) mass is 287 g/mol. The summed E-state index contributed by atoms with van der Waals surface area (Å²) in [5.74, 6) is 0. The molecule has 0 heterocycles. The lowest BCUT2D eigenvalue weighted by molar-refractivity contribution is 0.554. The molecule has 5 nitrogen and oxygen atoms in total. The molecule has 0 aliphatic rings. The molecule has 1 aromatic rings. The van der Waals surface area contributed by atoms with Gasteiger partial charge in [-0.25, -0.2) is 13.1 Å². The summed E-state index contributed by atoms with van der Waals surface area (Å²) in [4.78, 5) is 0.0340. The van der Waals surface area contributed by atoms with E-state index in [1.165, 1.54) is 18.2 Å². The summed E-state index contributed by atoms with van der Waals surface area (Å²) in [6.45, 7) is 2.12. The van der Waals surface area contributed by atoms with Crippen molar-refractivity contribution < 1.29 is 8.42 Å². The Kier molecular flexibility index (Phi) is 5.11. The molecule has 1 aromatic carbocycles. The van der Waals surface area contributed by atoms with Gasteiger partial charge in [0, 0.05) is 12.6 Å². The van der Waals surface area contributed by atoms with Gasteiger partial charge in [-0.1, -0.05) is 11.6 Å². The Morgan fingerprint density at radius 2 is 2.17 bits per heavy atom. The summed E-state index contributed by atoms with van der Waals surface area (Å²) in [6.07, 6.45) is 0. The van der Waals surface area contributed by atoms with Crippen LogP contribution in [0.2, 0.25) is 5.02 Å². The molecule has 0 aromatic heterocycles. The molecule has 1 rings (SSSR count). The van der Waals surface area contributed by atoms with Gasteiger partial charge in [-0.15, -0.1) is 0 Å². The normalized spacial score (nSPS) is 13.0. The maximum atomic E-state index is 11.9. The minimum atomic E-state index is -3.61. The molecule has 0 amide bonds. The fraction of sp³-hybridized carbons (Fsp3) is 0.364. The van der Waals surface area contributed by atoms with Gasteiger partial charge in [-0.3, -0.25) is 0 Å². The Bertz CT molecular complexity index is 566. The highest BCUT2D eigenvalue weighted by molar-refractivity contribution is 7.89. The number of rotatable bonds is 5. The minimum Gasteiger partial charge on any atom is -0.316 e. The van der Waals surface area contributed by atoms with E-state index in [0.29, 0.717) is 0 Å². The van der Waals surface area contributed by atoms with Crippen LogP contribution in [-0.4, -0.2) is 28.1 Å². The SMILES string of the molecule is CNC(C)CNS(=O)(=O)c1ccc(Cl)c(C#N)c1. The van der Waals surface area contributed by atoms with E-state index in [4.69, 9.17) is 16.9 Å². The largest absolute Gasteiger partial charge is 0.316 e. The Morgan fingerprint density at radius 3 is 2.72 bits per heavy atom. The van der Waals surface area contributed by atoms with Gasteiger partial charge in [0.25, 0.3) is 0 Å². The van der Waals surface area contributed by atoms with Crippen LogP contribution >= 0.6 is 11.6 Å². The van der Waals surface area contributed by atoms with E-state index in [-0.39, 0.29) is 28.1 Å². The average Bonchev–Trinajstić information content (AvgIpc) is 2.36. The summed E-state index contributed by atoms with van der Waals surface area (Å²) in [7, 11) is -1.87. The zero-order chi connectivity index (χ0) is 13.8. The number of sulfonamides is 1. The first-order valence-corrected chi connectivity index (χ1v) is 7.13. The van der Waals surface area contributed by atoms with Crippen LogP contribution in [0.15, 0.2) is 23.1 Å². The van der Waals surface area contributed by atoms with Crippen LogP contribution in [0, 0.1) is 11.3 Å². The van der Waals surface area contributed by atoms with Gasteiger partial charge >= 0.3 is 0 Å². The molecule has 2 N–H and O–H groups in total.